The summed E-state index contributed by atoms with van der Waals surface area (Å²) in [6.45, 7) is 4.85. The summed E-state index contributed by atoms with van der Waals surface area (Å²) in [6, 6.07) is -0.151. The van der Waals surface area contributed by atoms with Gasteiger partial charge in [-0.25, -0.2) is 4.98 Å². The van der Waals surface area contributed by atoms with E-state index in [2.05, 4.69) is 22.1 Å². The largest absolute Gasteiger partial charge is 0.335 e. The molecule has 160 valence electrons. The van der Waals surface area contributed by atoms with Crippen LogP contribution in [0, 0.1) is 5.41 Å². The lowest BCUT2D eigenvalue weighted by Gasteiger charge is -2.51. The molecule has 5 rings (SSSR count). The minimum atomic E-state index is -0.506. The number of aromatic nitrogens is 4. The minimum absolute atomic E-state index is 0.0768. The van der Waals surface area contributed by atoms with Gasteiger partial charge in [-0.1, -0.05) is 0 Å². The van der Waals surface area contributed by atoms with E-state index in [1.165, 1.54) is 0 Å². The Labute approximate surface area is 180 Å². The predicted molar refractivity (Wildman–Crippen MR) is 112 cm³/mol. The third-order valence-electron chi connectivity index (χ3n) is 7.17. The molecule has 1 spiro atoms. The van der Waals surface area contributed by atoms with Crippen molar-refractivity contribution in [3.05, 3.63) is 28.2 Å². The highest BCUT2D eigenvalue weighted by molar-refractivity contribution is 7.09. The van der Waals surface area contributed by atoms with Gasteiger partial charge in [-0.15, -0.1) is 21.5 Å². The van der Waals surface area contributed by atoms with Crippen LogP contribution < -0.4 is 0 Å². The van der Waals surface area contributed by atoms with E-state index in [0.29, 0.717) is 18.9 Å². The molecule has 3 aliphatic rings. The molecule has 2 amide bonds. The number of hydrogen-bond acceptors (Lipinski definition) is 6. The van der Waals surface area contributed by atoms with E-state index in [4.69, 9.17) is 0 Å². The maximum Gasteiger partial charge on any atom is 0.292 e. The molecule has 2 aromatic rings. The van der Waals surface area contributed by atoms with E-state index in [9.17, 15) is 9.59 Å². The van der Waals surface area contributed by atoms with Gasteiger partial charge in [0.15, 0.2) is 0 Å². The highest BCUT2D eigenvalue weighted by Crippen LogP contribution is 2.44. The summed E-state index contributed by atoms with van der Waals surface area (Å²) in [5, 5.41) is 11.4. The van der Waals surface area contributed by atoms with E-state index < -0.39 is 5.41 Å². The van der Waals surface area contributed by atoms with Crippen LogP contribution in [0.25, 0.3) is 0 Å². The zero-order chi connectivity index (χ0) is 20.7. The molecule has 2 atom stereocenters. The first-order valence-corrected chi connectivity index (χ1v) is 11.9. The van der Waals surface area contributed by atoms with Crippen LogP contribution in [-0.4, -0.2) is 60.5 Å². The van der Waals surface area contributed by atoms with Crippen LogP contribution in [0.5, 0.6) is 0 Å². The van der Waals surface area contributed by atoms with Crippen LogP contribution in [0.4, 0.5) is 0 Å². The number of piperidine rings is 2. The zero-order valence-corrected chi connectivity index (χ0v) is 18.2. The predicted octanol–water partition coefficient (Wildman–Crippen LogP) is 2.50. The van der Waals surface area contributed by atoms with Gasteiger partial charge >= 0.3 is 0 Å². The normalized spacial score (nSPS) is 26.8. The molecule has 8 nitrogen and oxygen atoms in total. The fourth-order valence-corrected chi connectivity index (χ4v) is 6.14. The third kappa shape index (κ3) is 3.14. The van der Waals surface area contributed by atoms with Crippen LogP contribution in [-0.2, 0) is 24.3 Å². The Morgan fingerprint density at radius 1 is 1.17 bits per heavy atom. The molecule has 0 saturated carbocycles. The first kappa shape index (κ1) is 19.7. The maximum atomic E-state index is 13.7. The number of likely N-dealkylation sites (tertiary alicyclic amines) is 2. The monoisotopic (exact) mass is 428 g/mol. The number of carbonyl (C=O) groups excluding carboxylic acids is 2. The number of carbonyl (C=O) groups is 2. The number of aryl methyl sites for hydroxylation is 1. The molecule has 9 heteroatoms. The molecule has 3 aliphatic heterocycles. The van der Waals surface area contributed by atoms with Crippen molar-refractivity contribution >= 4 is 23.2 Å². The lowest BCUT2D eigenvalue weighted by Crippen LogP contribution is -2.61. The number of nitrogens with zero attached hydrogens (tertiary/aromatic N) is 6. The lowest BCUT2D eigenvalue weighted by atomic mass is 9.67. The number of rotatable bonds is 3. The molecule has 0 unspecified atom stereocenters. The van der Waals surface area contributed by atoms with Gasteiger partial charge in [0, 0.05) is 43.7 Å². The second kappa shape index (κ2) is 7.76. The number of thiazole rings is 1. The van der Waals surface area contributed by atoms with Crippen molar-refractivity contribution < 1.29 is 9.59 Å². The van der Waals surface area contributed by atoms with E-state index in [-0.39, 0.29) is 17.9 Å². The van der Waals surface area contributed by atoms with E-state index >= 15 is 0 Å². The molecular weight excluding hydrogens is 400 g/mol. The molecule has 5 heterocycles. The molecule has 2 fully saturated rings. The fourth-order valence-electron chi connectivity index (χ4n) is 5.51. The highest BCUT2D eigenvalue weighted by Gasteiger charge is 2.52. The molecule has 30 heavy (non-hydrogen) atoms. The van der Waals surface area contributed by atoms with Crippen molar-refractivity contribution in [2.75, 3.05) is 13.1 Å². The first-order chi connectivity index (χ1) is 14.6. The summed E-state index contributed by atoms with van der Waals surface area (Å²) >= 11 is 1.58. The van der Waals surface area contributed by atoms with E-state index in [0.717, 1.165) is 68.9 Å². The molecule has 0 aliphatic carbocycles. The minimum Gasteiger partial charge on any atom is -0.335 e. The molecule has 0 bridgehead atoms. The van der Waals surface area contributed by atoms with Crippen molar-refractivity contribution in [2.45, 2.75) is 71.0 Å². The topological polar surface area (TPSA) is 84.2 Å². The number of amides is 2. The molecule has 2 saturated heterocycles. The van der Waals surface area contributed by atoms with Crippen LogP contribution >= 0.6 is 11.3 Å². The van der Waals surface area contributed by atoms with Crippen molar-refractivity contribution in [3.63, 3.8) is 0 Å². The summed E-state index contributed by atoms with van der Waals surface area (Å²) in [7, 11) is 0. The third-order valence-corrected chi connectivity index (χ3v) is 7.94. The SMILES string of the molecule is C[C@H]1N(C(=O)c2nnc3n2CCCC3)CCC[C@@]12CCCN(Cc1nccs1)C2=O. The first-order valence-electron chi connectivity index (χ1n) is 11.0. The van der Waals surface area contributed by atoms with Gasteiger partial charge in [-0.05, 0) is 45.4 Å². The second-order valence-corrected chi connectivity index (χ2v) is 9.72. The van der Waals surface area contributed by atoms with E-state index in [1.54, 1.807) is 17.5 Å². The Balaban J connectivity index is 1.39. The van der Waals surface area contributed by atoms with Gasteiger partial charge in [-0.3, -0.25) is 9.59 Å². The quantitative estimate of drug-likeness (QED) is 0.750. The Hall–Kier alpha value is -2.29. The van der Waals surface area contributed by atoms with Gasteiger partial charge < -0.3 is 14.4 Å². The van der Waals surface area contributed by atoms with Crippen LogP contribution in [0.2, 0.25) is 0 Å². The van der Waals surface area contributed by atoms with Crippen molar-refractivity contribution in [1.29, 1.82) is 0 Å². The van der Waals surface area contributed by atoms with Gasteiger partial charge in [0.25, 0.3) is 5.91 Å². The average molecular weight is 429 g/mol. The summed E-state index contributed by atoms with van der Waals surface area (Å²) in [5.74, 6) is 1.45. The Bertz CT molecular complexity index is 937. The van der Waals surface area contributed by atoms with Gasteiger partial charge in [0.05, 0.1) is 12.0 Å². The summed E-state index contributed by atoms with van der Waals surface area (Å²) in [5.41, 5.74) is -0.506. The zero-order valence-electron chi connectivity index (χ0n) is 17.4. The van der Waals surface area contributed by atoms with Crippen molar-refractivity contribution in [2.24, 2.45) is 5.41 Å². The van der Waals surface area contributed by atoms with Crippen LogP contribution in [0.15, 0.2) is 11.6 Å². The van der Waals surface area contributed by atoms with Crippen molar-refractivity contribution in [3.8, 4) is 0 Å². The second-order valence-electron chi connectivity index (χ2n) is 8.74. The summed E-state index contributed by atoms with van der Waals surface area (Å²) < 4.78 is 1.98. The fraction of sp³-hybridized carbons (Fsp3) is 0.667. The van der Waals surface area contributed by atoms with Gasteiger partial charge in [0.2, 0.25) is 11.7 Å². The Morgan fingerprint density at radius 3 is 2.80 bits per heavy atom. The van der Waals surface area contributed by atoms with Gasteiger partial charge in [0.1, 0.15) is 10.8 Å². The molecule has 0 aromatic carbocycles. The van der Waals surface area contributed by atoms with E-state index in [1.807, 2.05) is 19.7 Å². The van der Waals surface area contributed by atoms with Crippen molar-refractivity contribution in [1.82, 2.24) is 29.5 Å². The number of hydrogen-bond donors (Lipinski definition) is 0. The smallest absolute Gasteiger partial charge is 0.292 e. The standard InChI is InChI=1S/C21H28N6O2S/c1-15-21(7-4-10-25(20(21)29)14-17-22-9-13-30-17)8-5-12-26(15)19(28)18-24-23-16-6-2-3-11-27(16)18/h9,13,15H,2-8,10-12,14H2,1H3/t15-,21+/m1/s1. The Morgan fingerprint density at radius 2 is 2.00 bits per heavy atom. The van der Waals surface area contributed by atoms with Crippen LogP contribution in [0.3, 0.4) is 0 Å². The summed E-state index contributed by atoms with van der Waals surface area (Å²) in [6.07, 6.45) is 8.29. The molecule has 2 aromatic heterocycles. The summed E-state index contributed by atoms with van der Waals surface area (Å²) in [4.78, 5) is 35.3. The molecular formula is C21H28N6O2S. The van der Waals surface area contributed by atoms with Gasteiger partial charge in [-0.2, -0.15) is 0 Å². The average Bonchev–Trinajstić information content (AvgIpc) is 3.42. The molecule has 0 N–H and O–H groups in total. The Kier molecular flexibility index (Phi) is 5.08. The highest BCUT2D eigenvalue weighted by atomic mass is 32.1. The molecule has 0 radical (unpaired) electrons. The van der Waals surface area contributed by atoms with Crippen LogP contribution in [0.1, 0.15) is 66.9 Å². The number of fused-ring (bicyclic) bond motifs is 1. The maximum absolute atomic E-state index is 13.7. The lowest BCUT2D eigenvalue weighted by molar-refractivity contribution is -0.154.